The maximum atomic E-state index is 14.5. The van der Waals surface area contributed by atoms with Crippen molar-refractivity contribution in [3.63, 3.8) is 0 Å². The van der Waals surface area contributed by atoms with Gasteiger partial charge in [-0.05, 0) is 33.3 Å². The number of carbonyl (C=O) groups excluding carboxylic acids is 4. The van der Waals surface area contributed by atoms with Gasteiger partial charge in [0.1, 0.15) is 23.4 Å². The first kappa shape index (κ1) is 47.6. The lowest BCUT2D eigenvalue weighted by atomic mass is 9.78. The van der Waals surface area contributed by atoms with Crippen LogP contribution in [0.2, 0.25) is 0 Å². The zero-order valence-electron chi connectivity index (χ0n) is 36.5. The highest BCUT2D eigenvalue weighted by atomic mass is 16.7. The van der Waals surface area contributed by atoms with Gasteiger partial charge in [0.15, 0.2) is 12.4 Å². The number of fused-ring (bicyclic) bond motifs is 14. The summed E-state index contributed by atoms with van der Waals surface area (Å²) in [7, 11) is 1.44. The Morgan fingerprint density at radius 1 is 0.967 bits per heavy atom. The van der Waals surface area contributed by atoms with Crippen molar-refractivity contribution in [2.24, 2.45) is 23.7 Å². The summed E-state index contributed by atoms with van der Waals surface area (Å²) in [4.78, 5) is 55.4. The number of esters is 1. The number of rotatable bonds is 9. The smallest absolute Gasteiger partial charge is 0.312 e. The largest absolute Gasteiger partial charge is 0.507 e. The molecule has 5 N–H and O–H groups in total. The van der Waals surface area contributed by atoms with Gasteiger partial charge in [-0.25, -0.2) is 0 Å². The number of hydrogen-bond donors (Lipinski definition) is 5. The van der Waals surface area contributed by atoms with Crippen molar-refractivity contribution in [1.29, 1.82) is 0 Å². The van der Waals surface area contributed by atoms with Crippen molar-refractivity contribution >= 4 is 40.0 Å². The molecule has 330 valence electrons. The number of nitrogens with zero attached hydrogens (tertiary/aromatic N) is 1. The van der Waals surface area contributed by atoms with E-state index in [9.17, 15) is 39.6 Å². The summed E-state index contributed by atoms with van der Waals surface area (Å²) in [5.74, 6) is -7.96. The molecule has 5 bridgehead atoms. The van der Waals surface area contributed by atoms with Gasteiger partial charge < -0.3 is 54.3 Å². The van der Waals surface area contributed by atoms with Gasteiger partial charge in [0, 0.05) is 80.3 Å². The maximum Gasteiger partial charge on any atom is 0.312 e. The summed E-state index contributed by atoms with van der Waals surface area (Å²) in [6.45, 7) is 16.9. The quantitative estimate of drug-likeness (QED) is 0.144. The molecular formula is C45H62N2O13. The minimum atomic E-state index is -2.02. The average Bonchev–Trinajstić information content (AvgIpc) is 3.48. The normalized spacial score (nSPS) is 29.5. The van der Waals surface area contributed by atoms with E-state index >= 15 is 0 Å². The number of likely N-dealkylation sites (N-methyl/N-ethyl adjacent to an activating group) is 1. The summed E-state index contributed by atoms with van der Waals surface area (Å²) < 4.78 is 29.8. The fourth-order valence-corrected chi connectivity index (χ4v) is 7.79. The van der Waals surface area contributed by atoms with E-state index in [1.54, 1.807) is 44.7 Å². The zero-order valence-corrected chi connectivity index (χ0v) is 36.5. The number of anilines is 1. The molecule has 3 heterocycles. The molecule has 0 radical (unpaired) electrons. The Morgan fingerprint density at radius 3 is 2.27 bits per heavy atom. The standard InChI is InChI=1S/C45H62N2O13/c1-12-14-19-47(13-2)33(49)22-57-32-21-30-40(53)35-34(32)36-42(28(8)39(35)52)60-45(10,43(36)54)58-20-18-31(56-11)25(5)41(59-29(9)48)27(7)38(51)26(6)37(50)23(3)16-15-17-24(4)44(55)46-30/h15-18,20-21,23,25-27,31,37-38,41,50-53H,12-14,19,22H2,1-11H3,(H,46,55)/b16-15+,20-18+,24-17-/t23-,25-,26-,27-,31+,37-,38+,41-,45+/m1/s1. The number of carbonyl (C=O) groups is 4. The number of aromatic hydroxyl groups is 2. The molecule has 0 saturated heterocycles. The molecule has 60 heavy (non-hydrogen) atoms. The predicted molar refractivity (Wildman–Crippen MR) is 225 cm³/mol. The fraction of sp³-hybridized carbons (Fsp3) is 0.556. The number of Topliss-reactive ketones (excluding diaryl/α,β-unsaturated/α-hetero) is 1. The van der Waals surface area contributed by atoms with Crippen LogP contribution in [0.1, 0.15) is 91.1 Å². The van der Waals surface area contributed by atoms with Crippen LogP contribution in [-0.4, -0.2) is 106 Å². The van der Waals surface area contributed by atoms with Crippen LogP contribution in [0.15, 0.2) is 42.2 Å². The molecule has 0 aromatic heterocycles. The number of nitrogens with one attached hydrogen (secondary N) is 1. The maximum absolute atomic E-state index is 14.5. The van der Waals surface area contributed by atoms with Crippen molar-refractivity contribution in [3.05, 3.63) is 53.3 Å². The lowest BCUT2D eigenvalue weighted by Crippen LogP contribution is -2.46. The van der Waals surface area contributed by atoms with E-state index < -0.39 is 89.6 Å². The summed E-state index contributed by atoms with van der Waals surface area (Å²) >= 11 is 0. The molecular weight excluding hydrogens is 776 g/mol. The third-order valence-electron chi connectivity index (χ3n) is 11.7. The number of ether oxygens (including phenoxy) is 5. The number of aliphatic hydroxyl groups is 2. The Labute approximate surface area is 352 Å². The molecule has 2 amide bonds. The minimum absolute atomic E-state index is 0.0533. The third kappa shape index (κ3) is 9.90. The van der Waals surface area contributed by atoms with Gasteiger partial charge in [0.2, 0.25) is 0 Å². The van der Waals surface area contributed by atoms with Gasteiger partial charge in [-0.15, -0.1) is 0 Å². The molecule has 15 nitrogen and oxygen atoms in total. The van der Waals surface area contributed by atoms with Crippen molar-refractivity contribution in [3.8, 4) is 23.0 Å². The zero-order chi connectivity index (χ0) is 44.8. The number of methoxy groups -OCH3 is 1. The van der Waals surface area contributed by atoms with Gasteiger partial charge in [-0.2, -0.15) is 0 Å². The highest BCUT2D eigenvalue weighted by molar-refractivity contribution is 6.21. The Bertz CT molecular complexity index is 2030. The van der Waals surface area contributed by atoms with Crippen LogP contribution in [0.4, 0.5) is 5.69 Å². The van der Waals surface area contributed by atoms with E-state index in [4.69, 9.17) is 23.7 Å². The first-order chi connectivity index (χ1) is 28.2. The number of phenols is 2. The molecule has 0 saturated carbocycles. The topological polar surface area (TPSA) is 211 Å². The lowest BCUT2D eigenvalue weighted by molar-refractivity contribution is -0.160. The van der Waals surface area contributed by atoms with E-state index in [0.717, 1.165) is 12.8 Å². The van der Waals surface area contributed by atoms with Crippen LogP contribution in [0, 0.1) is 30.6 Å². The number of amides is 2. The molecule has 2 aromatic rings. The van der Waals surface area contributed by atoms with Crippen LogP contribution in [0.3, 0.4) is 0 Å². The summed E-state index contributed by atoms with van der Waals surface area (Å²) in [6.07, 6.45) is 5.26. The number of aliphatic hydroxyl groups excluding tert-OH is 2. The van der Waals surface area contributed by atoms with Crippen molar-refractivity contribution < 1.29 is 63.3 Å². The van der Waals surface area contributed by atoms with Crippen LogP contribution in [-0.2, 0) is 28.6 Å². The number of allylic oxidation sites excluding steroid dienone is 2. The van der Waals surface area contributed by atoms with Crippen LogP contribution >= 0.6 is 0 Å². The molecule has 3 aliphatic heterocycles. The van der Waals surface area contributed by atoms with Gasteiger partial charge in [0.05, 0.1) is 41.2 Å². The second kappa shape index (κ2) is 20.0. The summed E-state index contributed by atoms with van der Waals surface area (Å²) in [5.41, 5.74) is 0.00765. The Hall–Kier alpha value is -5.12. The van der Waals surface area contributed by atoms with Gasteiger partial charge in [0.25, 0.3) is 17.6 Å². The van der Waals surface area contributed by atoms with Gasteiger partial charge >= 0.3 is 11.8 Å². The van der Waals surface area contributed by atoms with E-state index in [1.807, 2.05) is 13.8 Å². The van der Waals surface area contributed by atoms with Crippen molar-refractivity contribution in [2.75, 3.05) is 32.1 Å². The van der Waals surface area contributed by atoms with Crippen LogP contribution in [0.25, 0.3) is 10.8 Å². The minimum Gasteiger partial charge on any atom is -0.507 e. The summed E-state index contributed by atoms with van der Waals surface area (Å²) in [5, 5.41) is 48.6. The average molecular weight is 839 g/mol. The number of ketones is 1. The Kier molecular flexibility index (Phi) is 15.8. The molecule has 5 rings (SSSR count). The first-order valence-corrected chi connectivity index (χ1v) is 20.5. The number of phenolic OH excluding ortho intramolecular Hbond substituents is 2. The first-order valence-electron chi connectivity index (χ1n) is 20.5. The Balaban J connectivity index is 1.93. The van der Waals surface area contributed by atoms with Gasteiger partial charge in [-0.3, -0.25) is 19.2 Å². The molecule has 9 atom stereocenters. The predicted octanol–water partition coefficient (Wildman–Crippen LogP) is 6.08. The third-order valence-corrected chi connectivity index (χ3v) is 11.7. The Morgan fingerprint density at radius 2 is 1.65 bits per heavy atom. The SMILES string of the molecule is CCCCN(CC)C(=O)COc1cc2c(O)c3c(O)c(C)c4c(c13)C(=O)[C@@](C)(O/C=C/[C@H](OC)[C@@H](C)[C@@H](OC(C)=O)[C@H](C)[C@@H](O)[C@H](C)[C@H](O)[C@H](C)/C=C/C=C(/C)C(=O)N2)O4. The molecule has 15 heteroatoms. The highest BCUT2D eigenvalue weighted by Gasteiger charge is 2.49. The fourth-order valence-electron chi connectivity index (χ4n) is 7.79. The number of benzene rings is 2. The van der Waals surface area contributed by atoms with E-state index in [-0.39, 0.29) is 50.6 Å². The second-order valence-electron chi connectivity index (χ2n) is 16.0. The number of unbranched alkanes of at least 4 members (excludes halogenated alkanes) is 1. The lowest BCUT2D eigenvalue weighted by Gasteiger charge is -2.38. The molecule has 0 fully saturated rings. The van der Waals surface area contributed by atoms with E-state index in [1.165, 1.54) is 59.3 Å². The van der Waals surface area contributed by atoms with Crippen LogP contribution < -0.4 is 14.8 Å². The molecule has 2 aromatic carbocycles. The molecule has 3 aliphatic rings. The van der Waals surface area contributed by atoms with E-state index in [0.29, 0.717) is 13.1 Å². The van der Waals surface area contributed by atoms with Crippen molar-refractivity contribution in [1.82, 2.24) is 4.90 Å². The van der Waals surface area contributed by atoms with E-state index in [2.05, 4.69) is 5.32 Å². The van der Waals surface area contributed by atoms with Crippen molar-refractivity contribution in [2.45, 2.75) is 112 Å². The van der Waals surface area contributed by atoms with Gasteiger partial charge in [-0.1, -0.05) is 59.3 Å². The van der Waals surface area contributed by atoms with Crippen LogP contribution in [0.5, 0.6) is 23.0 Å². The monoisotopic (exact) mass is 838 g/mol. The molecule has 0 spiro atoms. The molecule has 0 unspecified atom stereocenters. The highest BCUT2D eigenvalue weighted by Crippen LogP contribution is 2.54. The summed E-state index contributed by atoms with van der Waals surface area (Å²) in [6, 6.07) is 1.28. The molecule has 0 aliphatic carbocycles. The number of hydrogen-bond acceptors (Lipinski definition) is 13. The second-order valence-corrected chi connectivity index (χ2v) is 16.0.